The first-order valence-electron chi connectivity index (χ1n) is 10.2. The topological polar surface area (TPSA) is 121 Å². The summed E-state index contributed by atoms with van der Waals surface area (Å²) in [6, 6.07) is 14.0. The van der Waals surface area contributed by atoms with Crippen LogP contribution in [0, 0.1) is 21.4 Å². The minimum absolute atomic E-state index is 0.0701. The van der Waals surface area contributed by atoms with Gasteiger partial charge in [-0.15, -0.1) is 0 Å². The first kappa shape index (κ1) is 23.0. The molecule has 0 spiro atoms. The van der Waals surface area contributed by atoms with Crippen LogP contribution in [-0.2, 0) is 9.47 Å². The van der Waals surface area contributed by atoms with Crippen LogP contribution >= 0.6 is 0 Å². The molecule has 2 aromatic carbocycles. The molecule has 0 aromatic heterocycles. The van der Waals surface area contributed by atoms with Gasteiger partial charge in [0.2, 0.25) is 0 Å². The van der Waals surface area contributed by atoms with Crippen LogP contribution in [0.1, 0.15) is 10.4 Å². The van der Waals surface area contributed by atoms with Gasteiger partial charge in [0, 0.05) is 50.7 Å². The Morgan fingerprint density at radius 1 is 1.19 bits per heavy atom. The number of hydrogen-bond donors (Lipinski definition) is 1. The van der Waals surface area contributed by atoms with Crippen LogP contribution in [0.2, 0.25) is 0 Å². The molecule has 1 saturated heterocycles. The Balaban J connectivity index is 1.73. The van der Waals surface area contributed by atoms with Crippen molar-refractivity contribution in [3.8, 4) is 6.07 Å². The summed E-state index contributed by atoms with van der Waals surface area (Å²) >= 11 is 0. The van der Waals surface area contributed by atoms with Gasteiger partial charge in [0.1, 0.15) is 12.3 Å². The number of piperazine rings is 1. The van der Waals surface area contributed by atoms with E-state index in [0.717, 1.165) is 31.9 Å². The molecule has 1 aliphatic heterocycles. The monoisotopic (exact) mass is 439 g/mol. The molecule has 1 heterocycles. The van der Waals surface area contributed by atoms with E-state index in [1.807, 2.05) is 24.3 Å². The number of nitro benzene ring substituents is 1. The zero-order valence-electron chi connectivity index (χ0n) is 17.8. The highest BCUT2D eigenvalue weighted by Gasteiger charge is 2.20. The number of nitrogens with zero attached hydrogens (tertiary/aromatic N) is 4. The molecule has 168 valence electrons. The predicted octanol–water partition coefficient (Wildman–Crippen LogP) is 2.79. The number of hydrogen-bond acceptors (Lipinski definition) is 9. The van der Waals surface area contributed by atoms with Gasteiger partial charge in [0.15, 0.2) is 0 Å². The molecule has 1 N–H and O–H groups in total. The molecular weight excluding hydrogens is 414 g/mol. The Morgan fingerprint density at radius 2 is 1.97 bits per heavy atom. The number of carbonyl (C=O) groups is 1. The van der Waals surface area contributed by atoms with Gasteiger partial charge < -0.3 is 19.7 Å². The maximum absolute atomic E-state index is 12.1. The lowest BCUT2D eigenvalue weighted by Gasteiger charge is -2.35. The van der Waals surface area contributed by atoms with Gasteiger partial charge in [0.05, 0.1) is 29.7 Å². The summed E-state index contributed by atoms with van der Waals surface area (Å²) in [6.45, 7) is 3.94. The Kier molecular flexibility index (Phi) is 7.96. The molecule has 10 heteroatoms. The van der Waals surface area contributed by atoms with E-state index < -0.39 is 10.9 Å². The normalized spacial score (nSPS) is 13.9. The predicted molar refractivity (Wildman–Crippen MR) is 119 cm³/mol. The van der Waals surface area contributed by atoms with E-state index in [4.69, 9.17) is 14.7 Å². The molecular formula is C22H25N5O5. The van der Waals surface area contributed by atoms with Gasteiger partial charge in [-0.2, -0.15) is 5.26 Å². The quantitative estimate of drug-likeness (QED) is 0.207. The summed E-state index contributed by atoms with van der Waals surface area (Å²) in [4.78, 5) is 27.5. The van der Waals surface area contributed by atoms with Gasteiger partial charge in [0.25, 0.3) is 5.69 Å². The van der Waals surface area contributed by atoms with Crippen LogP contribution in [-0.4, -0.2) is 68.8 Å². The van der Waals surface area contributed by atoms with Crippen LogP contribution in [0.25, 0.3) is 0 Å². The van der Waals surface area contributed by atoms with Crippen molar-refractivity contribution < 1.29 is 19.2 Å². The van der Waals surface area contributed by atoms with E-state index in [9.17, 15) is 14.9 Å². The lowest BCUT2D eigenvalue weighted by molar-refractivity contribution is -0.383. The first-order valence-corrected chi connectivity index (χ1v) is 10.2. The fourth-order valence-corrected chi connectivity index (χ4v) is 3.42. The van der Waals surface area contributed by atoms with Gasteiger partial charge in [-0.1, -0.05) is 6.07 Å². The average molecular weight is 439 g/mol. The summed E-state index contributed by atoms with van der Waals surface area (Å²) in [5.74, 6) is -0.644. The number of anilines is 3. The lowest BCUT2D eigenvalue weighted by atomic mass is 10.1. The smallest absolute Gasteiger partial charge is 0.338 e. The number of nitro groups is 1. The maximum atomic E-state index is 12.1. The minimum Gasteiger partial charge on any atom is -0.460 e. The summed E-state index contributed by atoms with van der Waals surface area (Å²) in [5, 5.41) is 23.5. The van der Waals surface area contributed by atoms with Crippen molar-refractivity contribution in [2.75, 3.05) is 63.3 Å². The molecule has 0 radical (unpaired) electrons. The molecule has 3 rings (SSSR count). The number of nitrogens with one attached hydrogen (secondary N) is 1. The number of methoxy groups -OCH3 is 1. The number of carbonyl (C=O) groups excluding carboxylic acids is 1. The van der Waals surface area contributed by atoms with E-state index in [1.54, 1.807) is 0 Å². The van der Waals surface area contributed by atoms with Crippen LogP contribution in [0.4, 0.5) is 22.7 Å². The van der Waals surface area contributed by atoms with E-state index in [0.29, 0.717) is 12.2 Å². The Labute approximate surface area is 186 Å². The standard InChI is InChI=1S/C22H25N5O5/c1-31-13-14-32-22(28)17-5-6-20(21(15-17)27(29)30)24-18-3-2-4-19(16-18)26-11-9-25(8-7-23)10-12-26/h2-6,15-16,24H,8-14H2,1H3. The molecule has 0 amide bonds. The Morgan fingerprint density at radius 3 is 2.66 bits per heavy atom. The summed E-state index contributed by atoms with van der Waals surface area (Å²) in [6.07, 6.45) is 0. The zero-order chi connectivity index (χ0) is 22.9. The molecule has 0 unspecified atom stereocenters. The third kappa shape index (κ3) is 5.94. The Hall–Kier alpha value is -3.68. The average Bonchev–Trinajstić information content (AvgIpc) is 2.80. The Bertz CT molecular complexity index is 998. The molecule has 0 atom stereocenters. The first-order chi connectivity index (χ1) is 15.5. The molecule has 1 aliphatic rings. The van der Waals surface area contributed by atoms with Crippen molar-refractivity contribution in [2.24, 2.45) is 0 Å². The minimum atomic E-state index is -0.644. The zero-order valence-corrected chi connectivity index (χ0v) is 17.8. The molecule has 1 fully saturated rings. The number of rotatable bonds is 9. The summed E-state index contributed by atoms with van der Waals surface area (Å²) in [5.41, 5.74) is 1.84. The highest BCUT2D eigenvalue weighted by atomic mass is 16.6. The molecule has 0 aliphatic carbocycles. The van der Waals surface area contributed by atoms with Gasteiger partial charge >= 0.3 is 5.97 Å². The molecule has 32 heavy (non-hydrogen) atoms. The number of esters is 1. The number of ether oxygens (including phenoxy) is 2. The van der Waals surface area contributed by atoms with Gasteiger partial charge in [-0.25, -0.2) is 4.79 Å². The van der Waals surface area contributed by atoms with Crippen molar-refractivity contribution in [3.63, 3.8) is 0 Å². The van der Waals surface area contributed by atoms with E-state index in [2.05, 4.69) is 21.2 Å². The molecule has 2 aromatic rings. The molecule has 10 nitrogen and oxygen atoms in total. The van der Waals surface area contributed by atoms with E-state index >= 15 is 0 Å². The SMILES string of the molecule is COCCOC(=O)c1ccc(Nc2cccc(N3CCN(CC#N)CC3)c2)c([N+](=O)[O-])c1. The second-order valence-corrected chi connectivity index (χ2v) is 7.21. The van der Waals surface area contributed by atoms with Gasteiger partial charge in [-0.3, -0.25) is 15.0 Å². The third-order valence-corrected chi connectivity index (χ3v) is 5.11. The number of nitriles is 1. The van der Waals surface area contributed by atoms with Gasteiger partial charge in [-0.05, 0) is 30.3 Å². The van der Waals surface area contributed by atoms with Crippen molar-refractivity contribution in [3.05, 3.63) is 58.1 Å². The van der Waals surface area contributed by atoms with Crippen molar-refractivity contribution in [1.29, 1.82) is 5.26 Å². The highest BCUT2D eigenvalue weighted by Crippen LogP contribution is 2.30. The van der Waals surface area contributed by atoms with E-state index in [1.165, 1.54) is 25.3 Å². The second kappa shape index (κ2) is 11.1. The van der Waals surface area contributed by atoms with Crippen LogP contribution in [0.5, 0.6) is 0 Å². The van der Waals surface area contributed by atoms with Crippen molar-refractivity contribution >= 4 is 28.7 Å². The van der Waals surface area contributed by atoms with Crippen LogP contribution in [0.15, 0.2) is 42.5 Å². The third-order valence-electron chi connectivity index (χ3n) is 5.11. The largest absolute Gasteiger partial charge is 0.460 e. The van der Waals surface area contributed by atoms with Crippen molar-refractivity contribution in [1.82, 2.24) is 4.90 Å². The van der Waals surface area contributed by atoms with Crippen LogP contribution < -0.4 is 10.2 Å². The molecule has 0 bridgehead atoms. The fourth-order valence-electron chi connectivity index (χ4n) is 3.42. The maximum Gasteiger partial charge on any atom is 0.338 e. The fraction of sp³-hybridized carbons (Fsp3) is 0.364. The number of benzene rings is 2. The second-order valence-electron chi connectivity index (χ2n) is 7.21. The van der Waals surface area contributed by atoms with E-state index in [-0.39, 0.29) is 30.2 Å². The lowest BCUT2D eigenvalue weighted by Crippen LogP contribution is -2.46. The molecule has 0 saturated carbocycles. The van der Waals surface area contributed by atoms with Crippen molar-refractivity contribution in [2.45, 2.75) is 0 Å². The highest BCUT2D eigenvalue weighted by molar-refractivity contribution is 5.91. The summed E-state index contributed by atoms with van der Waals surface area (Å²) < 4.78 is 9.86. The van der Waals surface area contributed by atoms with Crippen LogP contribution in [0.3, 0.4) is 0 Å². The summed E-state index contributed by atoms with van der Waals surface area (Å²) in [7, 11) is 1.49.